The van der Waals surface area contributed by atoms with Gasteiger partial charge in [0, 0.05) is 5.56 Å². The van der Waals surface area contributed by atoms with E-state index < -0.39 is 8.07 Å². The number of hydrogen-bond acceptors (Lipinski definition) is 2. The number of phenols is 2. The highest BCUT2D eigenvalue weighted by atomic mass is 28.3. The smallest absolute Gasteiger partial charge is 0.161 e. The van der Waals surface area contributed by atoms with Crippen molar-refractivity contribution in [2.24, 2.45) is 0 Å². The Morgan fingerprint density at radius 1 is 1.10 bits per heavy atom. The van der Waals surface area contributed by atoms with Gasteiger partial charge in [0.05, 0.1) is 8.07 Å². The van der Waals surface area contributed by atoms with E-state index in [9.17, 15) is 10.2 Å². The Hall–Kier alpha value is -0.963. The lowest BCUT2D eigenvalue weighted by Crippen LogP contribution is -2.29. The van der Waals surface area contributed by atoms with Gasteiger partial charge in [0.2, 0.25) is 0 Å². The average Bonchev–Trinajstić information content (AvgIpc) is 2.38. The molecule has 0 saturated carbocycles. The predicted octanol–water partition coefficient (Wildman–Crippen LogP) is 4.98. The topological polar surface area (TPSA) is 40.5 Å². The quantitative estimate of drug-likeness (QED) is 0.573. The van der Waals surface area contributed by atoms with Crippen LogP contribution in [-0.4, -0.2) is 18.3 Å². The lowest BCUT2D eigenvalue weighted by atomic mass is 9.95. The molecule has 114 valence electrons. The van der Waals surface area contributed by atoms with Crippen molar-refractivity contribution in [3.63, 3.8) is 0 Å². The van der Waals surface area contributed by atoms with Crippen molar-refractivity contribution in [3.05, 3.63) is 22.8 Å². The summed E-state index contributed by atoms with van der Waals surface area (Å²) in [7, 11) is -1.34. The van der Waals surface area contributed by atoms with Crippen LogP contribution in [-0.2, 0) is 12.8 Å². The molecule has 0 aliphatic carbocycles. The van der Waals surface area contributed by atoms with E-state index in [0.717, 1.165) is 36.8 Å². The van der Waals surface area contributed by atoms with Crippen LogP contribution in [0.2, 0.25) is 19.6 Å². The van der Waals surface area contributed by atoms with Gasteiger partial charge < -0.3 is 10.2 Å². The molecule has 0 fully saturated rings. The second-order valence-electron chi connectivity index (χ2n) is 6.85. The zero-order valence-corrected chi connectivity index (χ0v) is 14.9. The highest BCUT2D eigenvalue weighted by molar-refractivity contribution is 6.77. The van der Waals surface area contributed by atoms with Crippen molar-refractivity contribution >= 4 is 8.07 Å². The van der Waals surface area contributed by atoms with Crippen LogP contribution >= 0.6 is 0 Å². The summed E-state index contributed by atoms with van der Waals surface area (Å²) in [6.45, 7) is 13.5. The van der Waals surface area contributed by atoms with E-state index in [-0.39, 0.29) is 11.5 Å². The van der Waals surface area contributed by atoms with E-state index in [0.29, 0.717) is 5.54 Å². The molecule has 1 aromatic carbocycles. The molecule has 2 nitrogen and oxygen atoms in total. The first-order valence-corrected chi connectivity index (χ1v) is 11.4. The van der Waals surface area contributed by atoms with Gasteiger partial charge in [0.25, 0.3) is 0 Å². The molecule has 3 heteroatoms. The lowest BCUT2D eigenvalue weighted by molar-refractivity contribution is 0.394. The number of phenolic OH excluding ortho intramolecular Hbond substituents is 2. The third kappa shape index (κ3) is 3.57. The molecule has 0 spiro atoms. The van der Waals surface area contributed by atoms with Crippen LogP contribution in [0.1, 0.15) is 55.8 Å². The highest BCUT2D eigenvalue weighted by Gasteiger charge is 2.28. The van der Waals surface area contributed by atoms with Crippen LogP contribution in [0.3, 0.4) is 0 Å². The van der Waals surface area contributed by atoms with Gasteiger partial charge in [-0.1, -0.05) is 52.9 Å². The third-order valence-corrected chi connectivity index (χ3v) is 7.32. The fourth-order valence-electron chi connectivity index (χ4n) is 2.56. The van der Waals surface area contributed by atoms with E-state index in [4.69, 9.17) is 0 Å². The van der Waals surface area contributed by atoms with Crippen molar-refractivity contribution in [3.8, 4) is 11.5 Å². The number of hydrogen-bond donors (Lipinski definition) is 2. The Bertz CT molecular complexity index is 461. The predicted molar refractivity (Wildman–Crippen MR) is 89.5 cm³/mol. The monoisotopic (exact) mass is 294 g/mol. The normalized spacial score (nSPS) is 13.5. The second-order valence-corrected chi connectivity index (χ2v) is 12.4. The van der Waals surface area contributed by atoms with Gasteiger partial charge >= 0.3 is 0 Å². The summed E-state index contributed by atoms with van der Waals surface area (Å²) >= 11 is 0. The summed E-state index contributed by atoms with van der Waals surface area (Å²) in [5.74, 6) is 0.211. The van der Waals surface area contributed by atoms with Crippen molar-refractivity contribution in [2.75, 3.05) is 0 Å². The molecular formula is C17H30O2Si. The van der Waals surface area contributed by atoms with Gasteiger partial charge in [0.1, 0.15) is 0 Å². The number of benzene rings is 1. The maximum absolute atomic E-state index is 10.3. The van der Waals surface area contributed by atoms with E-state index in [1.54, 1.807) is 0 Å². The minimum absolute atomic E-state index is 0.0989. The van der Waals surface area contributed by atoms with Crippen LogP contribution in [0.5, 0.6) is 11.5 Å². The van der Waals surface area contributed by atoms with E-state index in [2.05, 4.69) is 39.6 Å². The molecule has 0 aliphatic heterocycles. The van der Waals surface area contributed by atoms with Crippen molar-refractivity contribution in [1.29, 1.82) is 0 Å². The third-order valence-electron chi connectivity index (χ3n) is 4.41. The molecule has 1 atom stereocenters. The molecule has 0 saturated heterocycles. The maximum Gasteiger partial charge on any atom is 0.161 e. The summed E-state index contributed by atoms with van der Waals surface area (Å²) in [4.78, 5) is 0. The second kappa shape index (κ2) is 6.66. The van der Waals surface area contributed by atoms with Crippen LogP contribution < -0.4 is 0 Å². The first-order valence-electron chi connectivity index (χ1n) is 7.80. The van der Waals surface area contributed by atoms with Gasteiger partial charge in [-0.15, -0.1) is 0 Å². The van der Waals surface area contributed by atoms with Crippen LogP contribution in [0.4, 0.5) is 0 Å². The zero-order valence-electron chi connectivity index (χ0n) is 13.9. The minimum Gasteiger partial charge on any atom is -0.504 e. The highest BCUT2D eigenvalue weighted by Crippen LogP contribution is 2.41. The molecule has 1 unspecified atom stereocenters. The summed E-state index contributed by atoms with van der Waals surface area (Å²) in [5, 5.41) is 20.5. The van der Waals surface area contributed by atoms with Crippen molar-refractivity contribution in [1.82, 2.24) is 0 Å². The van der Waals surface area contributed by atoms with E-state index in [1.807, 2.05) is 6.92 Å². The Balaban J connectivity index is 3.37. The fraction of sp³-hybridized carbons (Fsp3) is 0.647. The Morgan fingerprint density at radius 3 is 2.15 bits per heavy atom. The summed E-state index contributed by atoms with van der Waals surface area (Å²) in [5.41, 5.74) is 3.55. The molecular weight excluding hydrogens is 264 g/mol. The zero-order chi connectivity index (χ0) is 15.5. The van der Waals surface area contributed by atoms with Crippen molar-refractivity contribution < 1.29 is 10.2 Å². The Morgan fingerprint density at radius 2 is 1.70 bits per heavy atom. The number of aromatic hydroxyl groups is 2. The molecule has 2 N–H and O–H groups in total. The average molecular weight is 295 g/mol. The Kier molecular flexibility index (Phi) is 5.69. The standard InChI is InChI=1S/C17H30O2Si/c1-7-9-10-13-11-15(12(3)20(4,5)6)14(8-2)17(19)16(13)18/h11-12,18-19H,7-10H2,1-6H3. The molecule has 0 aromatic heterocycles. The molecule has 0 radical (unpaired) electrons. The largest absolute Gasteiger partial charge is 0.504 e. The molecule has 1 aromatic rings. The van der Waals surface area contributed by atoms with E-state index in [1.165, 1.54) is 5.56 Å². The molecule has 20 heavy (non-hydrogen) atoms. The van der Waals surface area contributed by atoms with Gasteiger partial charge in [0.15, 0.2) is 11.5 Å². The van der Waals surface area contributed by atoms with Gasteiger partial charge in [-0.2, -0.15) is 0 Å². The first-order chi connectivity index (χ1) is 9.23. The van der Waals surface area contributed by atoms with Gasteiger partial charge in [-0.05, 0) is 35.9 Å². The van der Waals surface area contributed by atoms with Gasteiger partial charge in [-0.25, -0.2) is 0 Å². The lowest BCUT2D eigenvalue weighted by Gasteiger charge is -2.29. The number of rotatable bonds is 6. The Labute approximate surface area is 124 Å². The maximum atomic E-state index is 10.3. The number of unbranched alkanes of at least 4 members (excludes halogenated alkanes) is 1. The van der Waals surface area contributed by atoms with Crippen LogP contribution in [0.15, 0.2) is 6.07 Å². The summed E-state index contributed by atoms with van der Waals surface area (Å²) in [6.07, 6.45) is 3.73. The minimum atomic E-state index is -1.34. The number of aryl methyl sites for hydroxylation is 1. The first kappa shape index (κ1) is 17.1. The molecule has 0 amide bonds. The van der Waals surface area contributed by atoms with Crippen molar-refractivity contribution in [2.45, 2.75) is 71.6 Å². The SMILES string of the molecule is CCCCc1cc(C(C)[Si](C)(C)C)c(CC)c(O)c1O. The molecule has 0 aliphatic rings. The molecule has 1 rings (SSSR count). The van der Waals surface area contributed by atoms with Crippen LogP contribution in [0.25, 0.3) is 0 Å². The van der Waals surface area contributed by atoms with E-state index >= 15 is 0 Å². The molecule has 0 bridgehead atoms. The summed E-state index contributed by atoms with van der Waals surface area (Å²) < 4.78 is 0. The van der Waals surface area contributed by atoms with Crippen LogP contribution in [0, 0.1) is 0 Å². The summed E-state index contributed by atoms with van der Waals surface area (Å²) in [6, 6.07) is 2.15. The molecule has 0 heterocycles. The van der Waals surface area contributed by atoms with Gasteiger partial charge in [-0.3, -0.25) is 0 Å². The fourth-order valence-corrected chi connectivity index (χ4v) is 3.75.